The molecular formula is C15H22N2O3. The third-order valence-corrected chi connectivity index (χ3v) is 3.17. The topological polar surface area (TPSA) is 69.6 Å². The molecule has 0 aliphatic heterocycles. The molecule has 0 heterocycles. The first-order valence-corrected chi connectivity index (χ1v) is 6.68. The van der Waals surface area contributed by atoms with Gasteiger partial charge in [-0.15, -0.1) is 0 Å². The van der Waals surface area contributed by atoms with Crippen molar-refractivity contribution in [3.05, 3.63) is 35.4 Å². The van der Waals surface area contributed by atoms with E-state index in [1.165, 1.54) is 16.0 Å². The number of benzene rings is 1. The maximum Gasteiger partial charge on any atom is 0.317 e. The average Bonchev–Trinajstić information content (AvgIpc) is 2.38. The Bertz CT molecular complexity index is 474. The molecule has 0 aliphatic carbocycles. The lowest BCUT2D eigenvalue weighted by molar-refractivity contribution is -0.137. The lowest BCUT2D eigenvalue weighted by atomic mass is 10.0. The molecule has 0 bridgehead atoms. The molecule has 5 nitrogen and oxygen atoms in total. The molecule has 110 valence electrons. The molecule has 5 heteroatoms. The number of rotatable bonds is 6. The van der Waals surface area contributed by atoms with Gasteiger partial charge in [0.2, 0.25) is 0 Å². The highest BCUT2D eigenvalue weighted by molar-refractivity contribution is 5.75. The molecular weight excluding hydrogens is 256 g/mol. The Kier molecular flexibility index (Phi) is 6.03. The number of nitrogens with one attached hydrogen (secondary N) is 1. The molecule has 20 heavy (non-hydrogen) atoms. The van der Waals surface area contributed by atoms with Crippen LogP contribution in [0.3, 0.4) is 0 Å². The van der Waals surface area contributed by atoms with Crippen LogP contribution >= 0.6 is 0 Å². The summed E-state index contributed by atoms with van der Waals surface area (Å²) in [6.45, 7) is 4.19. The van der Waals surface area contributed by atoms with Gasteiger partial charge < -0.3 is 15.3 Å². The number of hydrogen-bond acceptors (Lipinski definition) is 2. The quantitative estimate of drug-likeness (QED) is 0.836. The number of urea groups is 1. The third kappa shape index (κ3) is 5.30. The van der Waals surface area contributed by atoms with E-state index in [1.54, 1.807) is 7.05 Å². The normalized spacial score (nSPS) is 11.8. The molecule has 0 radical (unpaired) electrons. The number of hydrogen-bond donors (Lipinski definition) is 2. The number of aryl methyl sites for hydroxylation is 1. The van der Waals surface area contributed by atoms with Crippen LogP contribution < -0.4 is 5.32 Å². The van der Waals surface area contributed by atoms with E-state index < -0.39 is 5.97 Å². The van der Waals surface area contributed by atoms with Crippen molar-refractivity contribution in [3.63, 3.8) is 0 Å². The molecule has 0 aliphatic rings. The predicted molar refractivity (Wildman–Crippen MR) is 77.8 cm³/mol. The van der Waals surface area contributed by atoms with Gasteiger partial charge in [-0.05, 0) is 31.4 Å². The summed E-state index contributed by atoms with van der Waals surface area (Å²) in [5.41, 5.74) is 2.40. The lowest BCUT2D eigenvalue weighted by Gasteiger charge is -2.21. The summed E-state index contributed by atoms with van der Waals surface area (Å²) < 4.78 is 0. The fourth-order valence-corrected chi connectivity index (χ4v) is 1.91. The first kappa shape index (κ1) is 16.0. The number of carboxylic acids is 1. The first-order chi connectivity index (χ1) is 9.40. The molecule has 1 atom stereocenters. The minimum atomic E-state index is -0.905. The second kappa shape index (κ2) is 7.53. The maximum absolute atomic E-state index is 11.9. The van der Waals surface area contributed by atoms with Crippen molar-refractivity contribution in [3.8, 4) is 0 Å². The van der Waals surface area contributed by atoms with Crippen LogP contribution in [0, 0.1) is 6.92 Å². The summed E-state index contributed by atoms with van der Waals surface area (Å²) in [6.07, 6.45) is 0.710. The van der Waals surface area contributed by atoms with Gasteiger partial charge in [-0.2, -0.15) is 0 Å². The summed E-state index contributed by atoms with van der Waals surface area (Å²) in [6, 6.07) is 7.82. The van der Waals surface area contributed by atoms with Crippen molar-refractivity contribution in [2.24, 2.45) is 0 Å². The van der Waals surface area contributed by atoms with Gasteiger partial charge in [-0.1, -0.05) is 24.3 Å². The Morgan fingerprint density at radius 2 is 2.00 bits per heavy atom. The largest absolute Gasteiger partial charge is 0.481 e. The fourth-order valence-electron chi connectivity index (χ4n) is 1.91. The van der Waals surface area contributed by atoms with Crippen LogP contribution in [-0.2, 0) is 11.2 Å². The van der Waals surface area contributed by atoms with Gasteiger partial charge in [-0.3, -0.25) is 4.79 Å². The van der Waals surface area contributed by atoms with Crippen molar-refractivity contribution in [2.45, 2.75) is 32.7 Å². The minimum Gasteiger partial charge on any atom is -0.481 e. The van der Waals surface area contributed by atoms with Crippen LogP contribution in [0.2, 0.25) is 0 Å². The number of aliphatic carboxylic acids is 1. The summed E-state index contributed by atoms with van der Waals surface area (Å²) in [4.78, 5) is 23.7. The lowest BCUT2D eigenvalue weighted by Crippen LogP contribution is -2.43. The number of carbonyl (C=O) groups excluding carboxylic acids is 1. The number of carbonyl (C=O) groups is 2. The van der Waals surface area contributed by atoms with Crippen molar-refractivity contribution in [1.82, 2.24) is 10.2 Å². The summed E-state index contributed by atoms with van der Waals surface area (Å²) >= 11 is 0. The van der Waals surface area contributed by atoms with Crippen LogP contribution in [-0.4, -0.2) is 41.6 Å². The highest BCUT2D eigenvalue weighted by Gasteiger charge is 2.13. The molecule has 1 aromatic rings. The summed E-state index contributed by atoms with van der Waals surface area (Å²) in [7, 11) is 1.60. The van der Waals surface area contributed by atoms with Crippen molar-refractivity contribution >= 4 is 12.0 Å². The second-order valence-electron chi connectivity index (χ2n) is 5.05. The Balaban J connectivity index is 2.45. The van der Waals surface area contributed by atoms with Crippen molar-refractivity contribution in [2.75, 3.05) is 13.6 Å². The van der Waals surface area contributed by atoms with Gasteiger partial charge in [0.05, 0.1) is 6.42 Å². The molecule has 0 aromatic heterocycles. The van der Waals surface area contributed by atoms with E-state index in [-0.39, 0.29) is 25.0 Å². The van der Waals surface area contributed by atoms with E-state index in [0.717, 1.165) is 6.42 Å². The molecule has 0 saturated carbocycles. The molecule has 2 amide bonds. The molecule has 0 fully saturated rings. The molecule has 1 aromatic carbocycles. The highest BCUT2D eigenvalue weighted by Crippen LogP contribution is 2.09. The monoisotopic (exact) mass is 278 g/mol. The summed E-state index contributed by atoms with van der Waals surface area (Å²) in [5.74, 6) is -0.905. The van der Waals surface area contributed by atoms with Gasteiger partial charge in [0.15, 0.2) is 0 Å². The minimum absolute atomic E-state index is 0.00382. The van der Waals surface area contributed by atoms with Crippen LogP contribution in [0.4, 0.5) is 4.79 Å². The zero-order valence-electron chi connectivity index (χ0n) is 12.2. The van der Waals surface area contributed by atoms with Crippen LogP contribution in [0.1, 0.15) is 24.5 Å². The third-order valence-electron chi connectivity index (χ3n) is 3.17. The van der Waals surface area contributed by atoms with E-state index in [4.69, 9.17) is 5.11 Å². The standard InChI is InChI=1S/C15H22N2O3/c1-11-6-4-5-7-13(11)10-12(2)16-15(20)17(3)9-8-14(18)19/h4-7,12H,8-10H2,1-3H3,(H,16,20)(H,18,19). The Morgan fingerprint density at radius 3 is 2.60 bits per heavy atom. The maximum atomic E-state index is 11.9. The molecule has 0 spiro atoms. The van der Waals surface area contributed by atoms with Crippen molar-refractivity contribution < 1.29 is 14.7 Å². The zero-order chi connectivity index (χ0) is 15.1. The zero-order valence-corrected chi connectivity index (χ0v) is 12.2. The molecule has 0 saturated heterocycles. The van der Waals surface area contributed by atoms with Gasteiger partial charge in [0.1, 0.15) is 0 Å². The molecule has 2 N–H and O–H groups in total. The Hall–Kier alpha value is -2.04. The SMILES string of the molecule is Cc1ccccc1CC(C)NC(=O)N(C)CCC(=O)O. The molecule has 1 rings (SSSR count). The Morgan fingerprint density at radius 1 is 1.35 bits per heavy atom. The molecule has 1 unspecified atom stereocenters. The van der Waals surface area contributed by atoms with E-state index in [1.807, 2.05) is 38.1 Å². The first-order valence-electron chi connectivity index (χ1n) is 6.68. The van der Waals surface area contributed by atoms with Gasteiger partial charge in [0, 0.05) is 19.6 Å². The highest BCUT2D eigenvalue weighted by atomic mass is 16.4. The van der Waals surface area contributed by atoms with E-state index in [0.29, 0.717) is 0 Å². The van der Waals surface area contributed by atoms with Crippen LogP contribution in [0.5, 0.6) is 0 Å². The van der Waals surface area contributed by atoms with E-state index in [9.17, 15) is 9.59 Å². The Labute approximate surface area is 119 Å². The van der Waals surface area contributed by atoms with Gasteiger partial charge in [0.25, 0.3) is 0 Å². The summed E-state index contributed by atoms with van der Waals surface area (Å²) in [5, 5.41) is 11.5. The van der Waals surface area contributed by atoms with Crippen LogP contribution in [0.15, 0.2) is 24.3 Å². The van der Waals surface area contributed by atoms with Gasteiger partial charge in [-0.25, -0.2) is 4.79 Å². The fraction of sp³-hybridized carbons (Fsp3) is 0.467. The smallest absolute Gasteiger partial charge is 0.317 e. The number of amides is 2. The number of carboxylic acid groups (broad SMARTS) is 1. The van der Waals surface area contributed by atoms with E-state index in [2.05, 4.69) is 5.32 Å². The van der Waals surface area contributed by atoms with Crippen LogP contribution in [0.25, 0.3) is 0 Å². The van der Waals surface area contributed by atoms with Gasteiger partial charge >= 0.3 is 12.0 Å². The second-order valence-corrected chi connectivity index (χ2v) is 5.05. The average molecular weight is 278 g/mol. The number of nitrogens with zero attached hydrogens (tertiary/aromatic N) is 1. The van der Waals surface area contributed by atoms with E-state index >= 15 is 0 Å². The predicted octanol–water partition coefficient (Wildman–Crippen LogP) is 2.04. The van der Waals surface area contributed by atoms with Crippen molar-refractivity contribution in [1.29, 1.82) is 0 Å².